The van der Waals surface area contributed by atoms with E-state index in [-0.39, 0.29) is 0 Å². The lowest BCUT2D eigenvalue weighted by atomic mass is 10.4. The van der Waals surface area contributed by atoms with Gasteiger partial charge in [0.15, 0.2) is 5.13 Å². The lowest BCUT2D eigenvalue weighted by Gasteiger charge is -1.98. The first kappa shape index (κ1) is 8.77. The van der Waals surface area contributed by atoms with Crippen molar-refractivity contribution in [3.05, 3.63) is 34.1 Å². The Bertz CT molecular complexity index is 371. The first-order valence-corrected chi connectivity index (χ1v) is 5.39. The molecule has 0 aliphatic heterocycles. The van der Waals surface area contributed by atoms with Crippen molar-refractivity contribution < 1.29 is 4.42 Å². The molecule has 0 bridgehead atoms. The molecule has 0 atom stereocenters. The topological polar surface area (TPSA) is 38.1 Å². The van der Waals surface area contributed by atoms with Crippen LogP contribution in [0.2, 0.25) is 0 Å². The third-order valence-corrected chi connectivity index (χ3v) is 2.96. The summed E-state index contributed by atoms with van der Waals surface area (Å²) in [6, 6.07) is 1.87. The van der Waals surface area contributed by atoms with Crippen LogP contribution in [0.3, 0.4) is 0 Å². The van der Waals surface area contributed by atoms with Crippen LogP contribution in [-0.4, -0.2) is 4.98 Å². The fourth-order valence-electron chi connectivity index (χ4n) is 0.918. The summed E-state index contributed by atoms with van der Waals surface area (Å²) in [5.74, 6) is 0.884. The Kier molecular flexibility index (Phi) is 2.65. The maximum Gasteiger partial charge on any atom is 0.182 e. The number of hydrogen-bond acceptors (Lipinski definition) is 4. The number of anilines is 1. The van der Waals surface area contributed by atoms with Gasteiger partial charge in [0.1, 0.15) is 5.76 Å². The standard InChI is InChI=1S/C8H7BrN2OS/c9-6-1-3-12-7(6)5-11-8-10-2-4-13-8/h1-4H,5H2,(H,10,11). The molecular formula is C8H7BrN2OS. The highest BCUT2D eigenvalue weighted by Crippen LogP contribution is 2.19. The van der Waals surface area contributed by atoms with Crippen LogP contribution < -0.4 is 5.32 Å². The normalized spacial score (nSPS) is 10.2. The van der Waals surface area contributed by atoms with E-state index in [0.29, 0.717) is 6.54 Å². The smallest absolute Gasteiger partial charge is 0.182 e. The molecule has 13 heavy (non-hydrogen) atoms. The molecule has 1 N–H and O–H groups in total. The summed E-state index contributed by atoms with van der Waals surface area (Å²) < 4.78 is 6.21. The fourth-order valence-corrected chi connectivity index (χ4v) is 1.79. The number of halogens is 1. The minimum Gasteiger partial charge on any atom is -0.466 e. The first-order valence-electron chi connectivity index (χ1n) is 3.71. The van der Waals surface area contributed by atoms with Crippen molar-refractivity contribution in [2.24, 2.45) is 0 Å². The molecule has 0 amide bonds. The van der Waals surface area contributed by atoms with Crippen LogP contribution in [0.15, 0.2) is 32.8 Å². The predicted molar refractivity (Wildman–Crippen MR) is 55.8 cm³/mol. The first-order chi connectivity index (χ1) is 6.36. The minimum atomic E-state index is 0.654. The third kappa shape index (κ3) is 2.10. The molecule has 0 aliphatic carbocycles. The second-order valence-electron chi connectivity index (χ2n) is 2.38. The summed E-state index contributed by atoms with van der Waals surface area (Å²) in [6.45, 7) is 0.654. The Morgan fingerprint density at radius 2 is 2.54 bits per heavy atom. The van der Waals surface area contributed by atoms with E-state index in [2.05, 4.69) is 26.2 Å². The molecule has 2 aromatic heterocycles. The highest BCUT2D eigenvalue weighted by atomic mass is 79.9. The molecule has 2 heterocycles. The molecule has 2 rings (SSSR count). The lowest BCUT2D eigenvalue weighted by molar-refractivity contribution is 0.516. The van der Waals surface area contributed by atoms with Gasteiger partial charge in [-0.3, -0.25) is 0 Å². The molecule has 3 nitrogen and oxygen atoms in total. The number of thiazole rings is 1. The summed E-state index contributed by atoms with van der Waals surface area (Å²) in [6.07, 6.45) is 3.42. The Morgan fingerprint density at radius 1 is 1.62 bits per heavy atom. The molecular weight excluding hydrogens is 252 g/mol. The van der Waals surface area contributed by atoms with Crippen LogP contribution in [0.4, 0.5) is 5.13 Å². The summed E-state index contributed by atoms with van der Waals surface area (Å²) in [7, 11) is 0. The zero-order valence-corrected chi connectivity index (χ0v) is 9.06. The van der Waals surface area contributed by atoms with Crippen molar-refractivity contribution in [1.82, 2.24) is 4.98 Å². The average Bonchev–Trinajstić information content (AvgIpc) is 2.72. The van der Waals surface area contributed by atoms with Crippen LogP contribution in [0.25, 0.3) is 0 Å². The van der Waals surface area contributed by atoms with E-state index in [4.69, 9.17) is 4.42 Å². The van der Waals surface area contributed by atoms with Gasteiger partial charge in [0.25, 0.3) is 0 Å². The van der Waals surface area contributed by atoms with Gasteiger partial charge >= 0.3 is 0 Å². The molecule has 0 saturated carbocycles. The predicted octanol–water partition coefficient (Wildman–Crippen LogP) is 3.11. The Labute approximate surface area is 87.9 Å². The molecule has 0 unspecified atom stereocenters. The summed E-state index contributed by atoms with van der Waals surface area (Å²) in [4.78, 5) is 4.10. The zero-order valence-electron chi connectivity index (χ0n) is 6.66. The Morgan fingerprint density at radius 3 is 3.15 bits per heavy atom. The minimum absolute atomic E-state index is 0.654. The molecule has 0 aromatic carbocycles. The largest absolute Gasteiger partial charge is 0.466 e. The van der Waals surface area contributed by atoms with Gasteiger partial charge in [-0.25, -0.2) is 4.98 Å². The van der Waals surface area contributed by atoms with Crippen molar-refractivity contribution in [3.8, 4) is 0 Å². The van der Waals surface area contributed by atoms with Crippen molar-refractivity contribution in [2.75, 3.05) is 5.32 Å². The second kappa shape index (κ2) is 3.93. The van der Waals surface area contributed by atoms with Crippen molar-refractivity contribution in [1.29, 1.82) is 0 Å². The third-order valence-electron chi connectivity index (χ3n) is 1.52. The van der Waals surface area contributed by atoms with Crippen LogP contribution >= 0.6 is 27.3 Å². The van der Waals surface area contributed by atoms with Gasteiger partial charge in [-0.15, -0.1) is 11.3 Å². The van der Waals surface area contributed by atoms with Crippen LogP contribution in [0.5, 0.6) is 0 Å². The number of furan rings is 1. The SMILES string of the molecule is Brc1ccoc1CNc1nccs1. The van der Waals surface area contributed by atoms with Crippen molar-refractivity contribution in [2.45, 2.75) is 6.54 Å². The van der Waals surface area contributed by atoms with E-state index in [9.17, 15) is 0 Å². The summed E-state index contributed by atoms with van der Waals surface area (Å²) >= 11 is 4.95. The van der Waals surface area contributed by atoms with Gasteiger partial charge in [-0.05, 0) is 22.0 Å². The van der Waals surface area contributed by atoms with Crippen LogP contribution in [-0.2, 0) is 6.54 Å². The highest BCUT2D eigenvalue weighted by molar-refractivity contribution is 9.10. The Hall–Kier alpha value is -0.810. The highest BCUT2D eigenvalue weighted by Gasteiger charge is 2.02. The average molecular weight is 259 g/mol. The van der Waals surface area contributed by atoms with Gasteiger partial charge in [0, 0.05) is 11.6 Å². The van der Waals surface area contributed by atoms with E-state index in [0.717, 1.165) is 15.4 Å². The molecule has 68 valence electrons. The van der Waals surface area contributed by atoms with E-state index in [1.807, 2.05) is 11.4 Å². The van der Waals surface area contributed by atoms with Gasteiger partial charge < -0.3 is 9.73 Å². The van der Waals surface area contributed by atoms with Gasteiger partial charge in [0.05, 0.1) is 17.3 Å². The van der Waals surface area contributed by atoms with Crippen LogP contribution in [0.1, 0.15) is 5.76 Å². The molecule has 0 aliphatic rings. The molecule has 0 fully saturated rings. The van der Waals surface area contributed by atoms with Crippen LogP contribution in [0, 0.1) is 0 Å². The number of nitrogens with one attached hydrogen (secondary N) is 1. The Balaban J connectivity index is 1.97. The molecule has 0 saturated heterocycles. The van der Waals surface area contributed by atoms with Crippen molar-refractivity contribution >= 4 is 32.4 Å². The van der Waals surface area contributed by atoms with E-state index < -0.39 is 0 Å². The number of aromatic nitrogens is 1. The molecule has 5 heteroatoms. The zero-order chi connectivity index (χ0) is 9.10. The lowest BCUT2D eigenvalue weighted by Crippen LogP contribution is -1.97. The quantitative estimate of drug-likeness (QED) is 0.920. The molecule has 0 spiro atoms. The summed E-state index contributed by atoms with van der Waals surface area (Å²) in [5, 5.41) is 5.99. The van der Waals surface area contributed by atoms with E-state index in [1.165, 1.54) is 0 Å². The van der Waals surface area contributed by atoms with E-state index in [1.54, 1.807) is 23.8 Å². The van der Waals surface area contributed by atoms with E-state index >= 15 is 0 Å². The number of hydrogen-bond donors (Lipinski definition) is 1. The maximum absolute atomic E-state index is 5.23. The van der Waals surface area contributed by atoms with Gasteiger partial charge in [0.2, 0.25) is 0 Å². The van der Waals surface area contributed by atoms with Crippen molar-refractivity contribution in [3.63, 3.8) is 0 Å². The maximum atomic E-state index is 5.23. The summed E-state index contributed by atoms with van der Waals surface area (Å²) in [5.41, 5.74) is 0. The van der Waals surface area contributed by atoms with Gasteiger partial charge in [-0.2, -0.15) is 0 Å². The second-order valence-corrected chi connectivity index (χ2v) is 4.13. The van der Waals surface area contributed by atoms with Gasteiger partial charge in [-0.1, -0.05) is 0 Å². The monoisotopic (exact) mass is 258 g/mol. The number of rotatable bonds is 3. The fraction of sp³-hybridized carbons (Fsp3) is 0.125. The molecule has 0 radical (unpaired) electrons. The number of nitrogens with zero attached hydrogens (tertiary/aromatic N) is 1. The molecule has 2 aromatic rings.